The van der Waals surface area contributed by atoms with Gasteiger partial charge in [-0.05, 0) is 226 Å². The lowest BCUT2D eigenvalue weighted by Crippen LogP contribution is -2.19. The Morgan fingerprint density at radius 1 is 0.144 bits per heavy atom. The lowest BCUT2D eigenvalue weighted by molar-refractivity contribution is 0.211. The first-order chi connectivity index (χ1) is 58.2. The zero-order valence-electron chi connectivity index (χ0n) is 82.0. The summed E-state index contributed by atoms with van der Waals surface area (Å²) in [6, 6.07) is 66.5. The van der Waals surface area contributed by atoms with Gasteiger partial charge in [0.15, 0.2) is 0 Å². The predicted molar refractivity (Wildman–Crippen MR) is 520 cm³/mol. The summed E-state index contributed by atoms with van der Waals surface area (Å²) in [6.45, 7) is 71.2. The van der Waals surface area contributed by atoms with Crippen molar-refractivity contribution in [1.29, 1.82) is 0 Å². The summed E-state index contributed by atoms with van der Waals surface area (Å²) in [5.74, 6) is 7.91. The van der Waals surface area contributed by atoms with Crippen LogP contribution in [0.4, 0.5) is 0 Å². The average Bonchev–Trinajstić information content (AvgIpc) is 0.760. The van der Waals surface area contributed by atoms with Crippen molar-refractivity contribution in [3.8, 4) is 57.5 Å². The fourth-order valence-electron chi connectivity index (χ4n) is 16.0. The second kappa shape index (κ2) is 38.4. The van der Waals surface area contributed by atoms with E-state index in [1.54, 1.807) is 0 Å². The molecular formula is C115H150O10. The zero-order chi connectivity index (χ0) is 91.2. The van der Waals surface area contributed by atoms with Crippen LogP contribution in [0.2, 0.25) is 0 Å². The molecule has 1 aliphatic rings. The van der Waals surface area contributed by atoms with E-state index >= 15 is 0 Å². The molecule has 0 atom stereocenters. The lowest BCUT2D eigenvalue weighted by atomic mass is 9.79. The zero-order valence-corrected chi connectivity index (χ0v) is 82.0. The molecule has 10 nitrogen and oxygen atoms in total. The molecule has 11 rings (SSSR count). The molecule has 0 unspecified atom stereocenters. The molecule has 0 aliphatic heterocycles. The van der Waals surface area contributed by atoms with Gasteiger partial charge in [-0.3, -0.25) is 0 Å². The van der Waals surface area contributed by atoms with Gasteiger partial charge in [-0.2, -0.15) is 0 Å². The number of ether oxygens (including phenoxy) is 10. The fraction of sp³-hybridized carbons (Fsp3) is 0.478. The van der Waals surface area contributed by atoms with Crippen molar-refractivity contribution in [3.63, 3.8) is 0 Å². The van der Waals surface area contributed by atoms with Crippen LogP contribution >= 0.6 is 0 Å². The maximum absolute atomic E-state index is 7.59. The summed E-state index contributed by atoms with van der Waals surface area (Å²) in [4.78, 5) is 0. The lowest BCUT2D eigenvalue weighted by Gasteiger charge is -2.29. The van der Waals surface area contributed by atoms with Gasteiger partial charge in [-0.15, -0.1) is 0 Å². The van der Waals surface area contributed by atoms with Gasteiger partial charge in [-0.25, -0.2) is 0 Å². The van der Waals surface area contributed by atoms with Crippen LogP contribution in [0, 0.1) is 0 Å². The third-order valence-electron chi connectivity index (χ3n) is 24.0. The maximum atomic E-state index is 7.59. The second-order valence-electron chi connectivity index (χ2n) is 45.1. The highest BCUT2D eigenvalue weighted by Gasteiger charge is 2.33. The van der Waals surface area contributed by atoms with E-state index in [9.17, 15) is 0 Å². The predicted octanol–water partition coefficient (Wildman–Crippen LogP) is 28.2. The molecule has 0 aromatic heterocycles. The van der Waals surface area contributed by atoms with Crippen LogP contribution in [0.1, 0.15) is 319 Å². The summed E-state index contributed by atoms with van der Waals surface area (Å²) >= 11 is 0. The molecule has 10 bridgehead atoms. The molecule has 0 radical (unpaired) electrons. The van der Waals surface area contributed by atoms with E-state index in [0.29, 0.717) is 65.1 Å². The van der Waals surface area contributed by atoms with Crippen LogP contribution < -0.4 is 47.4 Å². The highest BCUT2D eigenvalue weighted by molar-refractivity contribution is 5.61. The third-order valence-corrected chi connectivity index (χ3v) is 24.0. The molecular weight excluding hydrogens is 1540 g/mol. The molecule has 10 aromatic rings. The Labute approximate surface area is 753 Å². The largest absolute Gasteiger partial charge is 0.490 e. The van der Waals surface area contributed by atoms with Gasteiger partial charge in [-0.1, -0.05) is 329 Å². The van der Waals surface area contributed by atoms with E-state index in [2.05, 4.69) is 390 Å². The van der Waals surface area contributed by atoms with Crippen molar-refractivity contribution in [2.75, 3.05) is 66.1 Å². The van der Waals surface area contributed by atoms with Crippen molar-refractivity contribution in [3.05, 3.63) is 293 Å². The smallest absolute Gasteiger partial charge is 0.126 e. The monoisotopic (exact) mass is 1690 g/mol. The number of fused-ring (bicyclic) bond motifs is 10. The summed E-state index contributed by atoms with van der Waals surface area (Å²) in [7, 11) is 0. The number of rotatable bonds is 25. The topological polar surface area (TPSA) is 92.3 Å². The molecule has 0 amide bonds. The number of benzene rings is 10. The highest BCUT2D eigenvalue weighted by Crippen LogP contribution is 2.47. The van der Waals surface area contributed by atoms with Gasteiger partial charge in [0.25, 0.3) is 0 Å². The van der Waals surface area contributed by atoms with Crippen LogP contribution in [0.25, 0.3) is 0 Å². The summed E-state index contributed by atoms with van der Waals surface area (Å²) in [5.41, 5.74) is 20.7. The fourth-order valence-corrected chi connectivity index (χ4v) is 16.0. The van der Waals surface area contributed by atoms with Gasteiger partial charge >= 0.3 is 0 Å². The Balaban J connectivity index is 1.20. The Morgan fingerprint density at radius 3 is 0.352 bits per heavy atom. The molecule has 0 N–H and O–H groups in total. The first-order valence-electron chi connectivity index (χ1n) is 45.8. The first-order valence-corrected chi connectivity index (χ1v) is 45.8. The van der Waals surface area contributed by atoms with Crippen molar-refractivity contribution in [2.24, 2.45) is 0 Å². The molecule has 670 valence electrons. The van der Waals surface area contributed by atoms with E-state index in [-0.39, 0.29) is 87.2 Å². The van der Waals surface area contributed by atoms with Crippen LogP contribution in [-0.2, 0) is 86.3 Å². The minimum absolute atomic E-state index is 0.0138. The molecule has 125 heavy (non-hydrogen) atoms. The minimum atomic E-state index is -0.319. The standard InChI is InChI=1S/C115H150O10/c1-106(2,3)86-31-41-96(42-32-86)116-51-56-121-101-76-61-78-68-92(112(19,20)21)70-80(102(78)122-57-52-117-97-43-33-87(34-44-97)107(4,5)6)63-82-72-94(114(25,26)27)74-84(104(82)124-59-54-119-99-47-37-89(38-48-99)109(10,11)12)65-85-75-95(115(28,29)30)73-83(105(85)125-60-55-120-100-49-39-90(40-50-100)110(13,14)15)64-81-71-93(113(22,23)24)69-79(62-77(101)67-91(66-76)111(16,17)18)103(81)123-58-53-118-98-45-35-88(36-46-98)108(7,8)9/h31-50,66-75H,51-65H2,1-30H3. The van der Waals surface area contributed by atoms with E-state index in [0.717, 1.165) is 113 Å². The van der Waals surface area contributed by atoms with Crippen LogP contribution in [-0.4, -0.2) is 66.1 Å². The van der Waals surface area contributed by atoms with E-state index < -0.39 is 0 Å². The average molecular weight is 1690 g/mol. The first kappa shape index (κ1) is 95.8. The minimum Gasteiger partial charge on any atom is -0.490 e. The number of hydrogen-bond acceptors (Lipinski definition) is 10. The molecule has 0 saturated carbocycles. The van der Waals surface area contributed by atoms with Crippen LogP contribution in [0.5, 0.6) is 57.5 Å². The molecule has 0 spiro atoms. The van der Waals surface area contributed by atoms with E-state index in [1.165, 1.54) is 55.6 Å². The van der Waals surface area contributed by atoms with Crippen molar-refractivity contribution < 1.29 is 47.4 Å². The summed E-state index contributed by atoms with van der Waals surface area (Å²) in [6.07, 6.45) is 2.29. The summed E-state index contributed by atoms with van der Waals surface area (Å²) < 4.78 is 71.4. The Hall–Kier alpha value is -9.80. The molecule has 10 heteroatoms. The number of hydrogen-bond donors (Lipinski definition) is 0. The van der Waals surface area contributed by atoms with Crippen molar-refractivity contribution in [1.82, 2.24) is 0 Å². The molecule has 0 fully saturated rings. The van der Waals surface area contributed by atoms with E-state index in [1.807, 2.05) is 0 Å². The second-order valence-corrected chi connectivity index (χ2v) is 45.1. The normalized spacial score (nSPS) is 13.4. The van der Waals surface area contributed by atoms with Crippen molar-refractivity contribution in [2.45, 2.75) is 294 Å². The SMILES string of the molecule is CC(C)(C)c1ccc(OCCOc2c3cc(C(C)(C)C)cc2Cc2cc(C(C)(C)C)cc(c2OCCOc2ccc(C(C)(C)C)cc2)Cc2cc(C(C)(C)C)cc(c2OCCOc2ccc(C(C)(C)C)cc2)Cc2cc(C(C)(C)C)cc(c2OCCOc2ccc(C(C)(C)C)cc2)Cc2cc(C(C)(C)C)cc(c2OCCOc2ccc(C(C)(C)C)cc2)C3)cc1. The van der Waals surface area contributed by atoms with Gasteiger partial charge in [0.1, 0.15) is 124 Å². The molecule has 10 aromatic carbocycles. The quantitative estimate of drug-likeness (QED) is 0.0515. The van der Waals surface area contributed by atoms with Crippen molar-refractivity contribution >= 4 is 0 Å². The Morgan fingerprint density at radius 2 is 0.248 bits per heavy atom. The van der Waals surface area contributed by atoms with Crippen LogP contribution in [0.3, 0.4) is 0 Å². The van der Waals surface area contributed by atoms with Gasteiger partial charge < -0.3 is 47.4 Å². The molecule has 1 aliphatic carbocycles. The van der Waals surface area contributed by atoms with Crippen LogP contribution in [0.15, 0.2) is 182 Å². The van der Waals surface area contributed by atoms with E-state index in [4.69, 9.17) is 47.4 Å². The van der Waals surface area contributed by atoms with Gasteiger partial charge in [0, 0.05) is 32.1 Å². The molecule has 0 saturated heterocycles. The Bertz CT molecular complexity index is 4370. The highest BCUT2D eigenvalue weighted by atomic mass is 16.5. The Kier molecular flexibility index (Phi) is 29.4. The third kappa shape index (κ3) is 26.0. The maximum Gasteiger partial charge on any atom is 0.126 e. The molecule has 0 heterocycles. The van der Waals surface area contributed by atoms with Gasteiger partial charge in [0.2, 0.25) is 0 Å². The summed E-state index contributed by atoms with van der Waals surface area (Å²) in [5, 5.41) is 0. The van der Waals surface area contributed by atoms with Gasteiger partial charge in [0.05, 0.1) is 0 Å².